The summed E-state index contributed by atoms with van der Waals surface area (Å²) in [5.74, 6) is 0.369. The highest BCUT2D eigenvalue weighted by molar-refractivity contribution is 8.00. The molecule has 2 saturated heterocycles. The van der Waals surface area contributed by atoms with Gasteiger partial charge in [0.25, 0.3) is 5.91 Å². The molecule has 0 radical (unpaired) electrons. The Hall–Kier alpha value is -2.50. The molecule has 1 amide bonds. The molecule has 7 nitrogen and oxygen atoms in total. The first-order valence-electron chi connectivity index (χ1n) is 12.3. The van der Waals surface area contributed by atoms with Gasteiger partial charge < -0.3 is 18.7 Å². The Morgan fingerprint density at radius 1 is 1.06 bits per heavy atom. The topological polar surface area (TPSA) is 58.1 Å². The molecule has 2 aromatic rings. The molecule has 2 fully saturated rings. The van der Waals surface area contributed by atoms with Crippen molar-refractivity contribution in [2.75, 3.05) is 56.8 Å². The number of carbonyl (C=O) groups is 1. The van der Waals surface area contributed by atoms with Crippen molar-refractivity contribution in [2.24, 2.45) is 0 Å². The van der Waals surface area contributed by atoms with E-state index in [2.05, 4.69) is 9.88 Å². The third-order valence-corrected chi connectivity index (χ3v) is 7.82. The zero-order valence-corrected chi connectivity index (χ0v) is 20.7. The number of benzene rings is 1. The molecule has 3 aliphatic rings. The highest BCUT2D eigenvalue weighted by atomic mass is 32.2. The van der Waals surface area contributed by atoms with Crippen molar-refractivity contribution in [1.29, 1.82) is 0 Å². The number of fused-ring (bicyclic) bond motifs is 1. The summed E-state index contributed by atoms with van der Waals surface area (Å²) in [6, 6.07) is 7.00. The van der Waals surface area contributed by atoms with Crippen molar-refractivity contribution in [3.05, 3.63) is 47.7 Å². The van der Waals surface area contributed by atoms with Crippen LogP contribution in [-0.2, 0) is 10.9 Å². The van der Waals surface area contributed by atoms with Crippen LogP contribution in [0.1, 0.15) is 35.2 Å². The summed E-state index contributed by atoms with van der Waals surface area (Å²) in [5, 5.41) is 0. The number of anilines is 1. The molecule has 1 atom stereocenters. The number of piperidine rings is 1. The maximum atomic E-state index is 13.6. The summed E-state index contributed by atoms with van der Waals surface area (Å²) in [7, 11) is 0. The van der Waals surface area contributed by atoms with Crippen LogP contribution < -0.4 is 9.04 Å². The normalized spacial score (nSPS) is 21.1. The second-order valence-electron chi connectivity index (χ2n) is 9.17. The van der Waals surface area contributed by atoms with E-state index < -0.39 is 11.7 Å². The van der Waals surface area contributed by atoms with Crippen LogP contribution in [0.2, 0.25) is 0 Å². The van der Waals surface area contributed by atoms with Gasteiger partial charge >= 0.3 is 6.18 Å². The first-order valence-corrected chi connectivity index (χ1v) is 13.0. The standard InChI is InChI=1S/C25H29F3N4O3S/c26-25(27,28)19-4-6-21(7-5-19)36-32-11-14-35-23-22(32)15-18(16-29-23)24(33)31-8-2-1-3-20(31)17-30-9-12-34-13-10-30/h4-7,15-16,20H,1-3,8-14,17H2. The lowest BCUT2D eigenvalue weighted by Gasteiger charge is -2.39. The average molecular weight is 523 g/mol. The molecule has 0 saturated carbocycles. The van der Waals surface area contributed by atoms with Gasteiger partial charge in [0, 0.05) is 43.3 Å². The lowest BCUT2D eigenvalue weighted by Crippen LogP contribution is -2.51. The predicted molar refractivity (Wildman–Crippen MR) is 130 cm³/mol. The van der Waals surface area contributed by atoms with Crippen LogP contribution in [0.5, 0.6) is 5.88 Å². The lowest BCUT2D eigenvalue weighted by molar-refractivity contribution is -0.137. The van der Waals surface area contributed by atoms with E-state index in [4.69, 9.17) is 9.47 Å². The van der Waals surface area contributed by atoms with Crippen LogP contribution in [0.3, 0.4) is 0 Å². The van der Waals surface area contributed by atoms with Gasteiger partial charge in [-0.25, -0.2) is 4.98 Å². The van der Waals surface area contributed by atoms with Crippen molar-refractivity contribution in [3.63, 3.8) is 0 Å². The minimum atomic E-state index is -4.37. The van der Waals surface area contributed by atoms with Crippen molar-refractivity contribution in [3.8, 4) is 5.88 Å². The van der Waals surface area contributed by atoms with Crippen molar-refractivity contribution < 1.29 is 27.4 Å². The number of pyridine rings is 1. The van der Waals surface area contributed by atoms with Gasteiger partial charge in [0.1, 0.15) is 12.3 Å². The number of amides is 1. The van der Waals surface area contributed by atoms with Crippen molar-refractivity contribution in [2.45, 2.75) is 36.4 Å². The maximum absolute atomic E-state index is 13.6. The van der Waals surface area contributed by atoms with Gasteiger partial charge in [-0.2, -0.15) is 13.2 Å². The number of alkyl halides is 3. The number of morpholine rings is 1. The second-order valence-corrected chi connectivity index (χ2v) is 10.3. The van der Waals surface area contributed by atoms with Crippen molar-refractivity contribution >= 4 is 23.5 Å². The van der Waals surface area contributed by atoms with E-state index in [1.54, 1.807) is 12.3 Å². The van der Waals surface area contributed by atoms with Crippen LogP contribution >= 0.6 is 11.9 Å². The van der Waals surface area contributed by atoms with E-state index in [1.165, 1.54) is 24.1 Å². The highest BCUT2D eigenvalue weighted by Crippen LogP contribution is 2.38. The molecule has 5 rings (SSSR count). The second kappa shape index (κ2) is 10.9. The van der Waals surface area contributed by atoms with Gasteiger partial charge in [-0.1, -0.05) is 0 Å². The molecule has 0 N–H and O–H groups in total. The molecular weight excluding hydrogens is 493 g/mol. The zero-order chi connectivity index (χ0) is 25.1. The van der Waals surface area contributed by atoms with Crippen molar-refractivity contribution in [1.82, 2.24) is 14.8 Å². The van der Waals surface area contributed by atoms with E-state index in [9.17, 15) is 18.0 Å². The summed E-state index contributed by atoms with van der Waals surface area (Å²) in [6.07, 6.45) is 0.242. The quantitative estimate of drug-likeness (QED) is 0.542. The van der Waals surface area contributed by atoms with E-state index in [0.717, 1.165) is 64.2 Å². The molecule has 36 heavy (non-hydrogen) atoms. The molecule has 194 valence electrons. The molecule has 1 unspecified atom stereocenters. The third-order valence-electron chi connectivity index (χ3n) is 6.74. The molecular formula is C25H29F3N4O3S. The van der Waals surface area contributed by atoms with Gasteiger partial charge in [-0.15, -0.1) is 0 Å². The number of rotatable bonds is 5. The Labute approximate surface area is 212 Å². The monoisotopic (exact) mass is 522 g/mol. The zero-order valence-electron chi connectivity index (χ0n) is 19.9. The third kappa shape index (κ3) is 5.73. The fourth-order valence-electron chi connectivity index (χ4n) is 4.83. The Kier molecular flexibility index (Phi) is 7.59. The van der Waals surface area contributed by atoms with Gasteiger partial charge in [0.15, 0.2) is 0 Å². The fraction of sp³-hybridized carbons (Fsp3) is 0.520. The minimum absolute atomic E-state index is 0.0479. The Morgan fingerprint density at radius 2 is 1.83 bits per heavy atom. The Balaban J connectivity index is 1.32. The summed E-state index contributed by atoms with van der Waals surface area (Å²) in [6.45, 7) is 5.68. The number of nitrogens with zero attached hydrogens (tertiary/aromatic N) is 4. The largest absolute Gasteiger partial charge is 0.474 e. The molecule has 4 heterocycles. The summed E-state index contributed by atoms with van der Waals surface area (Å²) >= 11 is 1.31. The van der Waals surface area contributed by atoms with E-state index in [-0.39, 0.29) is 11.9 Å². The molecule has 0 spiro atoms. The fourth-order valence-corrected chi connectivity index (χ4v) is 5.73. The number of aromatic nitrogens is 1. The summed E-state index contributed by atoms with van der Waals surface area (Å²) in [4.78, 5) is 23.0. The smallest absolute Gasteiger partial charge is 0.416 e. The molecule has 0 aliphatic carbocycles. The van der Waals surface area contributed by atoms with E-state index in [1.807, 2.05) is 9.21 Å². The van der Waals surface area contributed by atoms with Crippen LogP contribution in [0.4, 0.5) is 18.9 Å². The highest BCUT2D eigenvalue weighted by Gasteiger charge is 2.32. The van der Waals surface area contributed by atoms with E-state index >= 15 is 0 Å². The number of hydrogen-bond acceptors (Lipinski definition) is 7. The SMILES string of the molecule is O=C(c1cnc2c(c1)N(Sc1ccc(C(F)(F)F)cc1)CCO2)N1CCCCC1CN1CCOCC1. The van der Waals surface area contributed by atoms with E-state index in [0.29, 0.717) is 41.7 Å². The molecule has 1 aromatic heterocycles. The summed E-state index contributed by atoms with van der Waals surface area (Å²) in [5.41, 5.74) is 0.460. The molecule has 3 aliphatic heterocycles. The van der Waals surface area contributed by atoms with Crippen LogP contribution in [0, 0.1) is 0 Å². The first kappa shape index (κ1) is 25.2. The first-order chi connectivity index (χ1) is 17.4. The number of hydrogen-bond donors (Lipinski definition) is 0. The summed E-state index contributed by atoms with van der Waals surface area (Å²) < 4.78 is 51.8. The number of likely N-dealkylation sites (tertiary alicyclic amines) is 1. The Bertz CT molecular complexity index is 1060. The number of ether oxygens (including phenoxy) is 2. The Morgan fingerprint density at radius 3 is 2.58 bits per heavy atom. The maximum Gasteiger partial charge on any atom is 0.416 e. The van der Waals surface area contributed by atoms with Crippen LogP contribution in [-0.4, -0.2) is 79.3 Å². The van der Waals surface area contributed by atoms with Gasteiger partial charge in [0.05, 0.1) is 30.9 Å². The van der Waals surface area contributed by atoms with Crippen LogP contribution in [0.25, 0.3) is 0 Å². The van der Waals surface area contributed by atoms with Crippen LogP contribution in [0.15, 0.2) is 41.4 Å². The number of carbonyl (C=O) groups excluding carboxylic acids is 1. The average Bonchev–Trinajstić information content (AvgIpc) is 2.89. The van der Waals surface area contributed by atoms with Gasteiger partial charge in [-0.05, 0) is 61.5 Å². The lowest BCUT2D eigenvalue weighted by atomic mass is 10.00. The molecule has 0 bridgehead atoms. The molecule has 11 heteroatoms. The van der Waals surface area contributed by atoms with Gasteiger partial charge in [-0.3, -0.25) is 9.69 Å². The number of halogens is 3. The minimum Gasteiger partial charge on any atom is -0.474 e. The van der Waals surface area contributed by atoms with Gasteiger partial charge in [0.2, 0.25) is 5.88 Å². The molecule has 1 aromatic carbocycles. The predicted octanol–water partition coefficient (Wildman–Crippen LogP) is 4.33.